The Morgan fingerprint density at radius 1 is 1.25 bits per heavy atom. The Hall–Kier alpha value is -1.73. The molecule has 0 radical (unpaired) electrons. The number of allylic oxidation sites excluding steroid dienone is 3. The van der Waals surface area contributed by atoms with Crippen molar-refractivity contribution in [3.05, 3.63) is 58.0 Å². The van der Waals surface area contributed by atoms with Crippen molar-refractivity contribution in [2.45, 2.75) is 37.3 Å². The summed E-state index contributed by atoms with van der Waals surface area (Å²) in [7, 11) is 1.70. The van der Waals surface area contributed by atoms with Gasteiger partial charge in [0.1, 0.15) is 5.83 Å². The molecule has 1 aromatic rings. The SMILES string of the molecule is CN=C(NCC1(c2ccc(Br)cc2)CCNCC1)NC1=CCC(F)C(F)=CC1. The number of rotatable bonds is 4. The fourth-order valence-electron chi connectivity index (χ4n) is 3.74. The number of halogens is 3. The molecule has 152 valence electrons. The topological polar surface area (TPSA) is 48.5 Å². The van der Waals surface area contributed by atoms with Crippen LogP contribution >= 0.6 is 15.9 Å². The van der Waals surface area contributed by atoms with Crippen LogP contribution in [0.4, 0.5) is 8.78 Å². The molecule has 3 rings (SSSR count). The van der Waals surface area contributed by atoms with Gasteiger partial charge in [-0.25, -0.2) is 8.78 Å². The van der Waals surface area contributed by atoms with Crippen LogP contribution in [0, 0.1) is 0 Å². The summed E-state index contributed by atoms with van der Waals surface area (Å²) in [5, 5.41) is 10.1. The number of alkyl halides is 1. The molecule has 2 aliphatic rings. The van der Waals surface area contributed by atoms with Crippen molar-refractivity contribution in [3.8, 4) is 0 Å². The van der Waals surface area contributed by atoms with Crippen LogP contribution < -0.4 is 16.0 Å². The number of nitrogens with zero attached hydrogens (tertiary/aromatic N) is 1. The predicted octanol–water partition coefficient (Wildman–Crippen LogP) is 4.10. The van der Waals surface area contributed by atoms with Crippen molar-refractivity contribution in [1.29, 1.82) is 0 Å². The fraction of sp³-hybridized carbons (Fsp3) is 0.476. The Morgan fingerprint density at radius 3 is 2.64 bits per heavy atom. The van der Waals surface area contributed by atoms with Crippen LogP contribution in [0.25, 0.3) is 0 Å². The maximum atomic E-state index is 13.5. The number of hydrogen-bond donors (Lipinski definition) is 3. The second kappa shape index (κ2) is 9.65. The molecule has 1 aliphatic carbocycles. The van der Waals surface area contributed by atoms with Gasteiger partial charge in [-0.05, 0) is 49.7 Å². The summed E-state index contributed by atoms with van der Waals surface area (Å²) in [6, 6.07) is 8.51. The van der Waals surface area contributed by atoms with E-state index in [9.17, 15) is 8.78 Å². The van der Waals surface area contributed by atoms with Crippen LogP contribution in [0.5, 0.6) is 0 Å². The molecular formula is C21H27BrF2N4. The van der Waals surface area contributed by atoms with Crippen molar-refractivity contribution in [2.24, 2.45) is 4.99 Å². The molecule has 1 fully saturated rings. The van der Waals surface area contributed by atoms with E-state index in [1.807, 2.05) is 0 Å². The van der Waals surface area contributed by atoms with Gasteiger partial charge >= 0.3 is 0 Å². The molecule has 28 heavy (non-hydrogen) atoms. The standard InChI is InChI=1S/C21H27BrF2N4/c1-25-20(28-17-6-8-18(23)19(24)9-7-17)27-14-21(10-12-26-13-11-21)15-2-4-16(22)5-3-15/h2-6,9,18,26H,7-8,10-14H2,1H3,(H2,25,27,28). The molecule has 0 saturated carbocycles. The van der Waals surface area contributed by atoms with Crippen molar-refractivity contribution in [3.63, 3.8) is 0 Å². The van der Waals surface area contributed by atoms with Crippen LogP contribution in [0.2, 0.25) is 0 Å². The lowest BCUT2D eigenvalue weighted by Gasteiger charge is -2.39. The number of piperidine rings is 1. The zero-order valence-electron chi connectivity index (χ0n) is 16.1. The summed E-state index contributed by atoms with van der Waals surface area (Å²) in [6.07, 6.45) is 3.86. The molecule has 0 aromatic heterocycles. The minimum atomic E-state index is -1.55. The first-order valence-corrected chi connectivity index (χ1v) is 10.4. The van der Waals surface area contributed by atoms with E-state index in [1.54, 1.807) is 13.1 Å². The smallest absolute Gasteiger partial charge is 0.195 e. The first-order chi connectivity index (χ1) is 13.5. The zero-order chi connectivity index (χ0) is 20.0. The second-order valence-electron chi connectivity index (χ2n) is 7.31. The minimum Gasteiger partial charge on any atom is -0.355 e. The van der Waals surface area contributed by atoms with Gasteiger partial charge in [0.25, 0.3) is 0 Å². The van der Waals surface area contributed by atoms with Crippen molar-refractivity contribution < 1.29 is 8.78 Å². The average Bonchev–Trinajstić information content (AvgIpc) is 2.88. The van der Waals surface area contributed by atoms with Gasteiger partial charge in [0, 0.05) is 42.0 Å². The lowest BCUT2D eigenvalue weighted by Crippen LogP contribution is -2.50. The van der Waals surface area contributed by atoms with Gasteiger partial charge in [0.05, 0.1) is 0 Å². The largest absolute Gasteiger partial charge is 0.355 e. The van der Waals surface area contributed by atoms with E-state index >= 15 is 0 Å². The predicted molar refractivity (Wildman–Crippen MR) is 114 cm³/mol. The van der Waals surface area contributed by atoms with E-state index < -0.39 is 12.0 Å². The monoisotopic (exact) mass is 452 g/mol. The minimum absolute atomic E-state index is 0.0114. The normalized spacial score (nSPS) is 22.7. The Labute approximate surface area is 173 Å². The van der Waals surface area contributed by atoms with E-state index in [1.165, 1.54) is 11.6 Å². The molecule has 0 spiro atoms. The number of guanidine groups is 1. The first-order valence-electron chi connectivity index (χ1n) is 9.65. The van der Waals surface area contributed by atoms with Crippen LogP contribution in [-0.2, 0) is 5.41 Å². The summed E-state index contributed by atoms with van der Waals surface area (Å²) in [5.41, 5.74) is 2.07. The number of nitrogens with one attached hydrogen (secondary N) is 3. The van der Waals surface area contributed by atoms with Crippen molar-refractivity contribution in [1.82, 2.24) is 16.0 Å². The summed E-state index contributed by atoms with van der Waals surface area (Å²) < 4.78 is 28.0. The number of hydrogen-bond acceptors (Lipinski definition) is 2. The summed E-state index contributed by atoms with van der Waals surface area (Å²) in [4.78, 5) is 4.30. The Balaban J connectivity index is 1.69. The lowest BCUT2D eigenvalue weighted by molar-refractivity contribution is 0.305. The third-order valence-corrected chi connectivity index (χ3v) is 6.03. The second-order valence-corrected chi connectivity index (χ2v) is 8.23. The highest BCUT2D eigenvalue weighted by Crippen LogP contribution is 2.33. The summed E-state index contributed by atoms with van der Waals surface area (Å²) in [5.74, 6) is -0.0766. The van der Waals surface area contributed by atoms with Crippen LogP contribution in [-0.4, -0.2) is 38.8 Å². The highest BCUT2D eigenvalue weighted by molar-refractivity contribution is 9.10. The molecule has 3 N–H and O–H groups in total. The molecule has 7 heteroatoms. The summed E-state index contributed by atoms with van der Waals surface area (Å²) in [6.45, 7) is 2.67. The molecule has 4 nitrogen and oxygen atoms in total. The van der Waals surface area contributed by atoms with Crippen LogP contribution in [0.15, 0.2) is 57.4 Å². The maximum absolute atomic E-state index is 13.5. The van der Waals surface area contributed by atoms with Crippen LogP contribution in [0.1, 0.15) is 31.2 Å². The number of aliphatic imine (C=N–C) groups is 1. The van der Waals surface area contributed by atoms with Gasteiger partial charge in [-0.3, -0.25) is 4.99 Å². The van der Waals surface area contributed by atoms with Gasteiger partial charge < -0.3 is 16.0 Å². The molecular weight excluding hydrogens is 426 g/mol. The van der Waals surface area contributed by atoms with Gasteiger partial charge in [0.2, 0.25) is 0 Å². The maximum Gasteiger partial charge on any atom is 0.195 e. The molecule has 0 amide bonds. The highest BCUT2D eigenvalue weighted by atomic mass is 79.9. The van der Waals surface area contributed by atoms with Crippen molar-refractivity contribution >= 4 is 21.9 Å². The number of benzene rings is 1. The molecule has 0 bridgehead atoms. The lowest BCUT2D eigenvalue weighted by atomic mass is 9.73. The van der Waals surface area contributed by atoms with E-state index in [4.69, 9.17) is 0 Å². The van der Waals surface area contributed by atoms with E-state index in [0.717, 1.165) is 42.6 Å². The van der Waals surface area contributed by atoms with Gasteiger partial charge in [0.15, 0.2) is 12.1 Å². The van der Waals surface area contributed by atoms with E-state index in [-0.39, 0.29) is 11.8 Å². The quantitative estimate of drug-likeness (QED) is 0.475. The Bertz CT molecular complexity index is 752. The zero-order valence-corrected chi connectivity index (χ0v) is 17.7. The molecule has 1 unspecified atom stereocenters. The first kappa shape index (κ1) is 21.0. The highest BCUT2D eigenvalue weighted by Gasteiger charge is 2.34. The molecule has 1 saturated heterocycles. The van der Waals surface area contributed by atoms with E-state index in [0.29, 0.717) is 12.4 Å². The van der Waals surface area contributed by atoms with Gasteiger partial charge in [-0.2, -0.15) is 0 Å². The Morgan fingerprint density at radius 2 is 1.96 bits per heavy atom. The fourth-order valence-corrected chi connectivity index (χ4v) is 4.00. The van der Waals surface area contributed by atoms with Gasteiger partial charge in [-0.1, -0.05) is 34.1 Å². The van der Waals surface area contributed by atoms with Crippen LogP contribution in [0.3, 0.4) is 0 Å². The van der Waals surface area contributed by atoms with E-state index in [2.05, 4.69) is 61.1 Å². The Kier molecular flexibility index (Phi) is 7.24. The van der Waals surface area contributed by atoms with Gasteiger partial charge in [-0.15, -0.1) is 0 Å². The summed E-state index contributed by atoms with van der Waals surface area (Å²) >= 11 is 3.51. The third kappa shape index (κ3) is 5.20. The average molecular weight is 453 g/mol. The molecule has 1 aliphatic heterocycles. The third-order valence-electron chi connectivity index (χ3n) is 5.50. The molecule has 1 heterocycles. The molecule has 1 atom stereocenters. The molecule has 1 aromatic carbocycles. The van der Waals surface area contributed by atoms with Crippen molar-refractivity contribution in [2.75, 3.05) is 26.7 Å².